The average Bonchev–Trinajstić information content (AvgIpc) is 2.41. The van der Waals surface area contributed by atoms with Crippen molar-refractivity contribution in [3.63, 3.8) is 0 Å². The predicted octanol–water partition coefficient (Wildman–Crippen LogP) is 4.22. The molecule has 20 heavy (non-hydrogen) atoms. The third-order valence-corrected chi connectivity index (χ3v) is 3.26. The van der Waals surface area contributed by atoms with E-state index in [1.807, 2.05) is 32.0 Å². The second kappa shape index (κ2) is 5.30. The molecule has 2 rings (SSSR count). The first kappa shape index (κ1) is 14.0. The summed E-state index contributed by atoms with van der Waals surface area (Å²) in [5.41, 5.74) is 2.68. The van der Waals surface area contributed by atoms with E-state index < -0.39 is 11.6 Å². The smallest absolute Gasteiger partial charge is 0.183 e. The molecule has 0 saturated heterocycles. The molecular formula is C16H14F2N2. The first-order valence-electron chi connectivity index (χ1n) is 6.14. The summed E-state index contributed by atoms with van der Waals surface area (Å²) in [7, 11) is 1.67. The highest BCUT2D eigenvalue weighted by Crippen LogP contribution is 2.31. The van der Waals surface area contributed by atoms with E-state index in [4.69, 9.17) is 5.26 Å². The molecule has 0 amide bonds. The van der Waals surface area contributed by atoms with Crippen LogP contribution in [0, 0.1) is 36.8 Å². The van der Waals surface area contributed by atoms with Gasteiger partial charge < -0.3 is 4.90 Å². The molecule has 0 saturated carbocycles. The van der Waals surface area contributed by atoms with Gasteiger partial charge in [-0.25, -0.2) is 8.78 Å². The molecular weight excluding hydrogens is 258 g/mol. The van der Waals surface area contributed by atoms with Crippen molar-refractivity contribution in [2.24, 2.45) is 0 Å². The molecule has 0 aliphatic heterocycles. The van der Waals surface area contributed by atoms with Crippen LogP contribution in [-0.2, 0) is 0 Å². The number of hydrogen-bond acceptors (Lipinski definition) is 2. The number of halogens is 2. The van der Waals surface area contributed by atoms with E-state index in [-0.39, 0.29) is 11.3 Å². The van der Waals surface area contributed by atoms with Gasteiger partial charge in [0.1, 0.15) is 6.07 Å². The minimum atomic E-state index is -1.11. The van der Waals surface area contributed by atoms with Gasteiger partial charge in [-0.2, -0.15) is 5.26 Å². The summed E-state index contributed by atoms with van der Waals surface area (Å²) >= 11 is 0. The van der Waals surface area contributed by atoms with Crippen LogP contribution < -0.4 is 4.90 Å². The van der Waals surface area contributed by atoms with Gasteiger partial charge in [-0.15, -0.1) is 0 Å². The van der Waals surface area contributed by atoms with Gasteiger partial charge in [0.25, 0.3) is 0 Å². The van der Waals surface area contributed by atoms with Crippen molar-refractivity contribution in [1.82, 2.24) is 0 Å². The summed E-state index contributed by atoms with van der Waals surface area (Å²) < 4.78 is 27.7. The number of hydrogen-bond donors (Lipinski definition) is 0. The first-order chi connectivity index (χ1) is 9.45. The highest BCUT2D eigenvalue weighted by Gasteiger charge is 2.17. The fraction of sp³-hybridized carbons (Fsp3) is 0.188. The summed E-state index contributed by atoms with van der Waals surface area (Å²) in [6.07, 6.45) is 0. The lowest BCUT2D eigenvalue weighted by atomic mass is 10.1. The lowest BCUT2D eigenvalue weighted by Gasteiger charge is -2.22. The van der Waals surface area contributed by atoms with Crippen LogP contribution in [0.15, 0.2) is 30.3 Å². The third-order valence-electron chi connectivity index (χ3n) is 3.26. The Hall–Kier alpha value is -2.41. The molecule has 0 atom stereocenters. The summed E-state index contributed by atoms with van der Waals surface area (Å²) in [6, 6.07) is 10.1. The Balaban J connectivity index is 2.52. The first-order valence-corrected chi connectivity index (χ1v) is 6.14. The Morgan fingerprint density at radius 3 is 2.25 bits per heavy atom. The largest absolute Gasteiger partial charge is 0.342 e. The van der Waals surface area contributed by atoms with Gasteiger partial charge in [-0.1, -0.05) is 17.7 Å². The van der Waals surface area contributed by atoms with E-state index in [2.05, 4.69) is 0 Å². The fourth-order valence-electron chi connectivity index (χ4n) is 2.20. The van der Waals surface area contributed by atoms with Crippen molar-refractivity contribution in [1.29, 1.82) is 5.26 Å². The van der Waals surface area contributed by atoms with E-state index in [0.29, 0.717) is 0 Å². The lowest BCUT2D eigenvalue weighted by Crippen LogP contribution is -2.14. The van der Waals surface area contributed by atoms with Crippen molar-refractivity contribution in [2.45, 2.75) is 13.8 Å². The normalized spacial score (nSPS) is 10.2. The molecule has 0 unspecified atom stereocenters. The van der Waals surface area contributed by atoms with Crippen LogP contribution in [0.5, 0.6) is 0 Å². The number of anilines is 2. The van der Waals surface area contributed by atoms with Crippen LogP contribution in [-0.4, -0.2) is 7.05 Å². The van der Waals surface area contributed by atoms with Crippen LogP contribution in [0.25, 0.3) is 0 Å². The van der Waals surface area contributed by atoms with Crippen LogP contribution in [0.3, 0.4) is 0 Å². The number of benzene rings is 2. The monoisotopic (exact) mass is 272 g/mol. The minimum absolute atomic E-state index is 0.105. The van der Waals surface area contributed by atoms with Crippen LogP contribution in [0.1, 0.15) is 16.7 Å². The van der Waals surface area contributed by atoms with Gasteiger partial charge in [-0.3, -0.25) is 0 Å². The van der Waals surface area contributed by atoms with Gasteiger partial charge in [0.05, 0.1) is 11.3 Å². The lowest BCUT2D eigenvalue weighted by molar-refractivity contribution is 0.507. The van der Waals surface area contributed by atoms with Crippen molar-refractivity contribution in [2.75, 3.05) is 11.9 Å². The van der Waals surface area contributed by atoms with Gasteiger partial charge in [0, 0.05) is 12.7 Å². The van der Waals surface area contributed by atoms with Crippen LogP contribution in [0.2, 0.25) is 0 Å². The zero-order valence-corrected chi connectivity index (χ0v) is 11.5. The molecule has 2 aromatic rings. The maximum absolute atomic E-state index is 14.0. The molecule has 0 bridgehead atoms. The third kappa shape index (κ3) is 2.35. The molecule has 0 radical (unpaired) electrons. The van der Waals surface area contributed by atoms with Gasteiger partial charge in [0.15, 0.2) is 11.6 Å². The maximum Gasteiger partial charge on any atom is 0.183 e. The molecule has 0 aliphatic carbocycles. The Morgan fingerprint density at radius 1 is 1.00 bits per heavy atom. The second-order valence-electron chi connectivity index (χ2n) is 4.72. The average molecular weight is 272 g/mol. The highest BCUT2D eigenvalue weighted by atomic mass is 19.2. The topological polar surface area (TPSA) is 27.0 Å². The van der Waals surface area contributed by atoms with E-state index in [9.17, 15) is 8.78 Å². The SMILES string of the molecule is Cc1ccc(N(C)c2ccc(C#N)c(F)c2F)c(C)c1. The Morgan fingerprint density at radius 2 is 1.65 bits per heavy atom. The van der Waals surface area contributed by atoms with Crippen molar-refractivity contribution in [3.8, 4) is 6.07 Å². The van der Waals surface area contributed by atoms with E-state index >= 15 is 0 Å². The van der Waals surface area contributed by atoms with Crippen LogP contribution >= 0.6 is 0 Å². The second-order valence-corrected chi connectivity index (χ2v) is 4.72. The molecule has 0 aromatic heterocycles. The summed E-state index contributed by atoms with van der Waals surface area (Å²) in [5.74, 6) is -2.12. The number of nitriles is 1. The maximum atomic E-state index is 14.0. The van der Waals surface area contributed by atoms with Crippen molar-refractivity contribution < 1.29 is 8.78 Å². The molecule has 0 heterocycles. The molecule has 0 spiro atoms. The van der Waals surface area contributed by atoms with Gasteiger partial charge >= 0.3 is 0 Å². The van der Waals surface area contributed by atoms with Gasteiger partial charge in [0.2, 0.25) is 0 Å². The Bertz CT molecular complexity index is 702. The molecule has 102 valence electrons. The van der Waals surface area contributed by atoms with E-state index in [1.54, 1.807) is 18.0 Å². The Kier molecular flexibility index (Phi) is 3.71. The molecule has 0 aliphatic rings. The zero-order valence-electron chi connectivity index (χ0n) is 11.5. The molecule has 2 aromatic carbocycles. The predicted molar refractivity (Wildman–Crippen MR) is 75.1 cm³/mol. The molecule has 4 heteroatoms. The fourth-order valence-corrected chi connectivity index (χ4v) is 2.20. The van der Waals surface area contributed by atoms with Crippen molar-refractivity contribution >= 4 is 11.4 Å². The van der Waals surface area contributed by atoms with E-state index in [1.165, 1.54) is 12.1 Å². The van der Waals surface area contributed by atoms with Gasteiger partial charge in [-0.05, 0) is 37.6 Å². The molecule has 2 nitrogen and oxygen atoms in total. The standard InChI is InChI=1S/C16H14F2N2/c1-10-4-6-13(11(2)8-10)20(3)14-7-5-12(9-19)15(17)16(14)18/h4-8H,1-3H3. The Labute approximate surface area is 116 Å². The number of rotatable bonds is 2. The van der Waals surface area contributed by atoms with Crippen molar-refractivity contribution in [3.05, 3.63) is 58.7 Å². The summed E-state index contributed by atoms with van der Waals surface area (Å²) in [6.45, 7) is 3.88. The number of nitrogens with zero attached hydrogens (tertiary/aromatic N) is 2. The summed E-state index contributed by atoms with van der Waals surface area (Å²) in [4.78, 5) is 1.58. The highest BCUT2D eigenvalue weighted by molar-refractivity contribution is 5.67. The quantitative estimate of drug-likeness (QED) is 0.818. The minimum Gasteiger partial charge on any atom is -0.342 e. The van der Waals surface area contributed by atoms with Crippen LogP contribution in [0.4, 0.5) is 20.2 Å². The summed E-state index contributed by atoms with van der Waals surface area (Å²) in [5, 5.41) is 8.69. The molecule has 0 fully saturated rings. The zero-order chi connectivity index (χ0) is 14.9. The number of aryl methyl sites for hydroxylation is 2. The van der Waals surface area contributed by atoms with E-state index in [0.717, 1.165) is 16.8 Å². The molecule has 0 N–H and O–H groups in total.